The Morgan fingerprint density at radius 1 is 1.11 bits per heavy atom. The normalized spacial score (nSPS) is 26.1. The van der Waals surface area contributed by atoms with Crippen LogP contribution in [0.25, 0.3) is 0 Å². The number of rotatable bonds is 2. The molecule has 0 aliphatic heterocycles. The van der Waals surface area contributed by atoms with Gasteiger partial charge in [-0.2, -0.15) is 5.26 Å². The van der Waals surface area contributed by atoms with E-state index in [-0.39, 0.29) is 5.92 Å². The first-order valence-corrected chi connectivity index (χ1v) is 8.43. The Morgan fingerprint density at radius 2 is 1.89 bits per heavy atom. The number of aryl methyl sites for hydroxylation is 2. The van der Waals surface area contributed by atoms with E-state index in [0.29, 0.717) is 17.7 Å². The highest BCUT2D eigenvalue weighted by molar-refractivity contribution is 7.92. The fraction of sp³-hybridized carbons (Fsp3) is 0.533. The lowest BCUT2D eigenvalue weighted by Gasteiger charge is -2.15. The van der Waals surface area contributed by atoms with Crippen molar-refractivity contribution in [1.29, 1.82) is 5.26 Å². The second-order valence-electron chi connectivity index (χ2n) is 5.53. The van der Waals surface area contributed by atoms with Gasteiger partial charge in [-0.05, 0) is 55.4 Å². The lowest BCUT2D eigenvalue weighted by Crippen LogP contribution is -2.24. The molecule has 0 bridgehead atoms. The van der Waals surface area contributed by atoms with Crippen LogP contribution in [0.1, 0.15) is 36.8 Å². The molecule has 3 nitrogen and oxygen atoms in total. The zero-order valence-electron chi connectivity index (χ0n) is 10.8. The number of fused-ring (bicyclic) bond motifs is 1. The second kappa shape index (κ2) is 4.64. The van der Waals surface area contributed by atoms with Gasteiger partial charge in [0, 0.05) is 0 Å². The van der Waals surface area contributed by atoms with Gasteiger partial charge in [-0.25, -0.2) is 8.42 Å². The molecule has 0 amide bonds. The Kier molecular flexibility index (Phi) is 3.10. The Hall–Kier alpha value is -1.34. The third-order valence-corrected chi connectivity index (χ3v) is 6.69. The van der Waals surface area contributed by atoms with E-state index < -0.39 is 15.1 Å². The summed E-state index contributed by atoms with van der Waals surface area (Å²) in [5, 5.41) is 8.58. The van der Waals surface area contributed by atoms with Crippen LogP contribution in [0.3, 0.4) is 0 Å². The first kappa shape index (κ1) is 12.7. The Labute approximate surface area is 114 Å². The minimum absolute atomic E-state index is 0.335. The molecule has 2 aliphatic carbocycles. The van der Waals surface area contributed by atoms with Crippen molar-refractivity contribution >= 4 is 9.84 Å². The van der Waals surface area contributed by atoms with E-state index in [0.717, 1.165) is 25.7 Å². The first-order valence-electron chi connectivity index (χ1n) is 6.88. The predicted octanol–water partition coefficient (Wildman–Crippen LogP) is 2.64. The molecule has 0 spiro atoms. The van der Waals surface area contributed by atoms with Gasteiger partial charge in [0.25, 0.3) is 0 Å². The van der Waals surface area contributed by atoms with Crippen LogP contribution in [0.5, 0.6) is 0 Å². The highest BCUT2D eigenvalue weighted by Crippen LogP contribution is 2.35. The van der Waals surface area contributed by atoms with Crippen molar-refractivity contribution in [2.24, 2.45) is 5.92 Å². The van der Waals surface area contributed by atoms with Crippen LogP contribution in [-0.2, 0) is 22.7 Å². The van der Waals surface area contributed by atoms with Crippen LogP contribution in [0.4, 0.5) is 0 Å². The number of hydrogen-bond acceptors (Lipinski definition) is 3. The molecule has 0 saturated heterocycles. The summed E-state index contributed by atoms with van der Waals surface area (Å²) in [6.07, 6.45) is 5.32. The van der Waals surface area contributed by atoms with Crippen molar-refractivity contribution < 1.29 is 8.42 Å². The maximum atomic E-state index is 12.7. The zero-order chi connectivity index (χ0) is 13.5. The van der Waals surface area contributed by atoms with Gasteiger partial charge < -0.3 is 0 Å². The maximum absolute atomic E-state index is 12.7. The van der Waals surface area contributed by atoms with Crippen LogP contribution in [0, 0.1) is 17.2 Å². The molecule has 2 unspecified atom stereocenters. The number of sulfone groups is 1. The van der Waals surface area contributed by atoms with Crippen LogP contribution in [-0.4, -0.2) is 13.7 Å². The topological polar surface area (TPSA) is 57.9 Å². The van der Waals surface area contributed by atoms with Crippen molar-refractivity contribution in [2.75, 3.05) is 0 Å². The molecule has 0 radical (unpaired) electrons. The number of nitriles is 1. The molecule has 1 aromatic carbocycles. The molecule has 2 atom stereocenters. The van der Waals surface area contributed by atoms with Gasteiger partial charge in [-0.3, -0.25) is 0 Å². The van der Waals surface area contributed by atoms with Gasteiger partial charge in [-0.15, -0.1) is 0 Å². The number of benzene rings is 1. The number of nitrogens with zero attached hydrogens (tertiary/aromatic N) is 1. The lowest BCUT2D eigenvalue weighted by molar-refractivity contribution is 0.565. The minimum atomic E-state index is -3.34. The van der Waals surface area contributed by atoms with E-state index in [4.69, 9.17) is 5.26 Å². The van der Waals surface area contributed by atoms with Crippen LogP contribution in [0.2, 0.25) is 0 Å². The van der Waals surface area contributed by atoms with E-state index in [1.165, 1.54) is 11.1 Å². The Morgan fingerprint density at radius 3 is 2.68 bits per heavy atom. The standard InChI is InChI=1S/C15H17NO2S/c16-10-13-5-2-6-15(13)19(17,18)14-8-7-11-3-1-4-12(11)9-14/h7-9,13,15H,1-6H2. The molecule has 0 aromatic heterocycles. The van der Waals surface area contributed by atoms with Crippen LogP contribution < -0.4 is 0 Å². The molecule has 3 rings (SSSR count). The fourth-order valence-corrected chi connectivity index (χ4v) is 5.37. The van der Waals surface area contributed by atoms with Crippen molar-refractivity contribution in [3.05, 3.63) is 29.3 Å². The third-order valence-electron chi connectivity index (χ3n) is 4.42. The van der Waals surface area contributed by atoms with Gasteiger partial charge in [0.2, 0.25) is 0 Å². The highest BCUT2D eigenvalue weighted by atomic mass is 32.2. The Bertz CT molecular complexity index is 643. The van der Waals surface area contributed by atoms with Gasteiger partial charge in [0.05, 0.1) is 22.1 Å². The summed E-state index contributed by atoms with van der Waals surface area (Å²) in [7, 11) is -3.34. The monoisotopic (exact) mass is 275 g/mol. The third kappa shape index (κ3) is 2.06. The molecular formula is C15H17NO2S. The molecule has 19 heavy (non-hydrogen) atoms. The average molecular weight is 275 g/mol. The summed E-state index contributed by atoms with van der Waals surface area (Å²) in [5.74, 6) is -0.335. The van der Waals surface area contributed by atoms with Crippen molar-refractivity contribution in [1.82, 2.24) is 0 Å². The SMILES string of the molecule is N#CC1CCCC1S(=O)(=O)c1ccc2c(c1)CCC2. The molecule has 1 fully saturated rings. The van der Waals surface area contributed by atoms with Crippen molar-refractivity contribution in [3.8, 4) is 6.07 Å². The average Bonchev–Trinajstić information content (AvgIpc) is 3.06. The first-order chi connectivity index (χ1) is 9.13. The zero-order valence-corrected chi connectivity index (χ0v) is 11.6. The molecule has 4 heteroatoms. The summed E-state index contributed by atoms with van der Waals surface area (Å²) >= 11 is 0. The van der Waals surface area contributed by atoms with E-state index in [1.54, 1.807) is 6.07 Å². The largest absolute Gasteiger partial charge is 0.223 e. The summed E-state index contributed by atoms with van der Waals surface area (Å²) in [6, 6.07) is 7.68. The smallest absolute Gasteiger partial charge is 0.182 e. The van der Waals surface area contributed by atoms with Gasteiger partial charge in [-0.1, -0.05) is 12.5 Å². The van der Waals surface area contributed by atoms with E-state index >= 15 is 0 Å². The fourth-order valence-electron chi connectivity index (χ4n) is 3.35. The quantitative estimate of drug-likeness (QED) is 0.833. The number of hydrogen-bond donors (Lipinski definition) is 0. The molecule has 1 aromatic rings. The van der Waals surface area contributed by atoms with Gasteiger partial charge in [0.1, 0.15) is 0 Å². The van der Waals surface area contributed by atoms with Gasteiger partial charge in [0.15, 0.2) is 9.84 Å². The van der Waals surface area contributed by atoms with E-state index in [2.05, 4.69) is 6.07 Å². The Balaban J connectivity index is 1.99. The van der Waals surface area contributed by atoms with Crippen LogP contribution >= 0.6 is 0 Å². The summed E-state index contributed by atoms with van der Waals surface area (Å²) in [5.41, 5.74) is 2.45. The molecule has 1 saturated carbocycles. The van der Waals surface area contributed by atoms with Crippen molar-refractivity contribution in [2.45, 2.75) is 48.7 Å². The second-order valence-corrected chi connectivity index (χ2v) is 7.70. The van der Waals surface area contributed by atoms with Gasteiger partial charge >= 0.3 is 0 Å². The molecule has 0 heterocycles. The molecule has 0 N–H and O–H groups in total. The molecule has 2 aliphatic rings. The summed E-state index contributed by atoms with van der Waals surface area (Å²) < 4.78 is 25.3. The highest BCUT2D eigenvalue weighted by Gasteiger charge is 2.38. The predicted molar refractivity (Wildman–Crippen MR) is 72.4 cm³/mol. The minimum Gasteiger partial charge on any atom is -0.223 e. The van der Waals surface area contributed by atoms with E-state index in [1.807, 2.05) is 12.1 Å². The summed E-state index contributed by atoms with van der Waals surface area (Å²) in [6.45, 7) is 0. The van der Waals surface area contributed by atoms with Crippen LogP contribution in [0.15, 0.2) is 23.1 Å². The van der Waals surface area contributed by atoms with E-state index in [9.17, 15) is 8.42 Å². The van der Waals surface area contributed by atoms with Crippen molar-refractivity contribution in [3.63, 3.8) is 0 Å². The molecule has 100 valence electrons. The molecular weight excluding hydrogens is 258 g/mol. The summed E-state index contributed by atoms with van der Waals surface area (Å²) in [4.78, 5) is 0.417. The maximum Gasteiger partial charge on any atom is 0.182 e. The lowest BCUT2D eigenvalue weighted by atomic mass is 10.1.